The van der Waals surface area contributed by atoms with Crippen LogP contribution in [0, 0.1) is 5.92 Å². The van der Waals surface area contributed by atoms with Crippen LogP contribution in [0.5, 0.6) is 0 Å². The Bertz CT molecular complexity index is 498. The molecule has 4 atom stereocenters. The molecule has 0 aromatic heterocycles. The van der Waals surface area contributed by atoms with E-state index in [-0.39, 0.29) is 24.2 Å². The molecule has 7 nitrogen and oxygen atoms in total. The van der Waals surface area contributed by atoms with Crippen LogP contribution in [-0.2, 0) is 14.3 Å². The van der Waals surface area contributed by atoms with Crippen LogP contribution in [0.1, 0.15) is 51.4 Å². The molecular formula is C22H41N3O4. The highest BCUT2D eigenvalue weighted by molar-refractivity contribution is 5.76. The zero-order chi connectivity index (χ0) is 20.6. The van der Waals surface area contributed by atoms with Crippen LogP contribution in [0.15, 0.2) is 0 Å². The van der Waals surface area contributed by atoms with Crippen molar-refractivity contribution in [3.63, 3.8) is 0 Å². The highest BCUT2D eigenvalue weighted by atomic mass is 16.5. The largest absolute Gasteiger partial charge is 0.389 e. The van der Waals surface area contributed by atoms with Crippen molar-refractivity contribution in [2.24, 2.45) is 5.92 Å². The third kappa shape index (κ3) is 7.47. The van der Waals surface area contributed by atoms with Gasteiger partial charge in [0.2, 0.25) is 5.91 Å². The van der Waals surface area contributed by atoms with Crippen molar-refractivity contribution in [2.45, 2.75) is 75.7 Å². The van der Waals surface area contributed by atoms with Gasteiger partial charge in [-0.1, -0.05) is 12.8 Å². The summed E-state index contributed by atoms with van der Waals surface area (Å²) in [4.78, 5) is 16.9. The lowest BCUT2D eigenvalue weighted by molar-refractivity contribution is -0.158. The molecule has 0 unspecified atom stereocenters. The van der Waals surface area contributed by atoms with Gasteiger partial charge in [0.1, 0.15) is 0 Å². The summed E-state index contributed by atoms with van der Waals surface area (Å²) in [5.41, 5.74) is 0. The van der Waals surface area contributed by atoms with Crippen LogP contribution < -0.4 is 5.32 Å². The second-order valence-corrected chi connectivity index (χ2v) is 9.45. The zero-order valence-corrected chi connectivity index (χ0v) is 18.4. The standard InChI is InChI=1S/C22H41N3O4/c1-24(2)11-5-10-23-22(27)12-19-8-9-20-21(29-19)16-28-15-18(26)14-25(20)13-17-6-3-4-7-17/h17-21,26H,3-16H2,1-2H3,(H,23,27)/t18-,19+,20+,21-/m1/s1. The Labute approximate surface area is 176 Å². The van der Waals surface area contributed by atoms with Crippen molar-refractivity contribution >= 4 is 5.91 Å². The Kier molecular flexibility index (Phi) is 9.18. The van der Waals surface area contributed by atoms with E-state index in [0.717, 1.165) is 38.3 Å². The molecule has 168 valence electrons. The maximum absolute atomic E-state index is 12.3. The lowest BCUT2D eigenvalue weighted by Crippen LogP contribution is -2.56. The van der Waals surface area contributed by atoms with E-state index < -0.39 is 6.10 Å². The summed E-state index contributed by atoms with van der Waals surface area (Å²) < 4.78 is 12.1. The Balaban J connectivity index is 1.49. The van der Waals surface area contributed by atoms with E-state index in [4.69, 9.17) is 9.47 Å². The van der Waals surface area contributed by atoms with Crippen LogP contribution in [0.25, 0.3) is 0 Å². The molecule has 1 amide bonds. The van der Waals surface area contributed by atoms with Crippen LogP contribution in [0.3, 0.4) is 0 Å². The number of hydrogen-bond acceptors (Lipinski definition) is 6. The van der Waals surface area contributed by atoms with Gasteiger partial charge < -0.3 is 24.8 Å². The molecule has 29 heavy (non-hydrogen) atoms. The van der Waals surface area contributed by atoms with Crippen LogP contribution in [0.4, 0.5) is 0 Å². The van der Waals surface area contributed by atoms with E-state index >= 15 is 0 Å². The Morgan fingerprint density at radius 3 is 2.72 bits per heavy atom. The minimum atomic E-state index is -0.428. The van der Waals surface area contributed by atoms with Crippen LogP contribution >= 0.6 is 0 Å². The highest BCUT2D eigenvalue weighted by Crippen LogP contribution is 2.31. The molecule has 2 aliphatic heterocycles. The van der Waals surface area contributed by atoms with E-state index in [9.17, 15) is 9.90 Å². The first-order valence-corrected chi connectivity index (χ1v) is 11.6. The fraction of sp³-hybridized carbons (Fsp3) is 0.955. The Morgan fingerprint density at radius 1 is 1.17 bits per heavy atom. The smallest absolute Gasteiger partial charge is 0.222 e. The average molecular weight is 412 g/mol. The first-order valence-electron chi connectivity index (χ1n) is 11.6. The van der Waals surface area contributed by atoms with Crippen molar-refractivity contribution < 1.29 is 19.4 Å². The predicted molar refractivity (Wildman–Crippen MR) is 113 cm³/mol. The van der Waals surface area contributed by atoms with Crippen molar-refractivity contribution in [3.8, 4) is 0 Å². The van der Waals surface area contributed by atoms with Gasteiger partial charge in [-0.25, -0.2) is 0 Å². The van der Waals surface area contributed by atoms with Gasteiger partial charge in [-0.15, -0.1) is 0 Å². The summed E-state index contributed by atoms with van der Waals surface area (Å²) in [7, 11) is 4.08. The van der Waals surface area contributed by atoms with Gasteiger partial charge in [-0.2, -0.15) is 0 Å². The van der Waals surface area contributed by atoms with Gasteiger partial charge >= 0.3 is 0 Å². The van der Waals surface area contributed by atoms with Crippen molar-refractivity contribution in [1.82, 2.24) is 15.1 Å². The number of carbonyl (C=O) groups is 1. The van der Waals surface area contributed by atoms with E-state index in [1.165, 1.54) is 25.7 Å². The summed E-state index contributed by atoms with van der Waals surface area (Å²) >= 11 is 0. The molecule has 0 bridgehead atoms. The van der Waals surface area contributed by atoms with Gasteiger partial charge in [-0.05, 0) is 58.7 Å². The van der Waals surface area contributed by atoms with Gasteiger partial charge in [0.05, 0.1) is 37.9 Å². The normalized spacial score (nSPS) is 32.0. The van der Waals surface area contributed by atoms with E-state index in [2.05, 4.69) is 15.1 Å². The minimum absolute atomic E-state index is 0.0100. The second kappa shape index (κ2) is 11.6. The number of amides is 1. The molecule has 2 saturated heterocycles. The third-order valence-electron chi connectivity index (χ3n) is 6.57. The number of β-amino-alcohol motifs (C(OH)–C–C–N with tert-alkyl or cyclic N) is 1. The van der Waals surface area contributed by atoms with Crippen LogP contribution in [0.2, 0.25) is 0 Å². The molecule has 7 heteroatoms. The predicted octanol–water partition coefficient (Wildman–Crippen LogP) is 1.24. The topological polar surface area (TPSA) is 74.3 Å². The molecule has 2 N–H and O–H groups in total. The summed E-state index contributed by atoms with van der Waals surface area (Å²) in [5, 5.41) is 13.3. The van der Waals surface area contributed by atoms with E-state index in [0.29, 0.717) is 32.7 Å². The molecule has 1 saturated carbocycles. The molecule has 0 aromatic carbocycles. The fourth-order valence-corrected chi connectivity index (χ4v) is 5.08. The number of aliphatic hydroxyl groups is 1. The third-order valence-corrected chi connectivity index (χ3v) is 6.57. The minimum Gasteiger partial charge on any atom is -0.389 e. The average Bonchev–Trinajstić information content (AvgIpc) is 3.17. The molecule has 1 aliphatic carbocycles. The number of fused-ring (bicyclic) bond motifs is 1. The molecule has 3 fully saturated rings. The quantitative estimate of drug-likeness (QED) is 0.586. The van der Waals surface area contributed by atoms with Crippen molar-refractivity contribution in [1.29, 1.82) is 0 Å². The molecular weight excluding hydrogens is 370 g/mol. The van der Waals surface area contributed by atoms with Gasteiger partial charge in [0.15, 0.2) is 0 Å². The molecule has 0 radical (unpaired) electrons. The molecule has 2 heterocycles. The number of nitrogens with zero attached hydrogens (tertiary/aromatic N) is 2. The zero-order valence-electron chi connectivity index (χ0n) is 18.4. The summed E-state index contributed by atoms with van der Waals surface area (Å²) in [6, 6.07) is 0.282. The molecule has 3 aliphatic rings. The van der Waals surface area contributed by atoms with Crippen molar-refractivity contribution in [2.75, 3.05) is 53.5 Å². The maximum Gasteiger partial charge on any atom is 0.222 e. The molecule has 3 rings (SSSR count). The first kappa shape index (κ1) is 22.9. The summed E-state index contributed by atoms with van der Waals surface area (Å²) in [6.45, 7) is 4.28. The number of nitrogens with one attached hydrogen (secondary N) is 1. The van der Waals surface area contributed by atoms with Crippen molar-refractivity contribution in [3.05, 3.63) is 0 Å². The number of rotatable bonds is 8. The lowest BCUT2D eigenvalue weighted by Gasteiger charge is -2.45. The number of hydrogen-bond donors (Lipinski definition) is 2. The maximum atomic E-state index is 12.3. The number of aliphatic hydroxyl groups excluding tert-OH is 1. The molecule has 0 aromatic rings. The second-order valence-electron chi connectivity index (χ2n) is 9.45. The van der Waals surface area contributed by atoms with E-state index in [1.54, 1.807) is 0 Å². The monoisotopic (exact) mass is 411 g/mol. The highest BCUT2D eigenvalue weighted by Gasteiger charge is 2.38. The Hall–Kier alpha value is -0.730. The van der Waals surface area contributed by atoms with Gasteiger partial charge in [-0.3, -0.25) is 9.69 Å². The molecule has 0 spiro atoms. The fourth-order valence-electron chi connectivity index (χ4n) is 5.08. The van der Waals surface area contributed by atoms with Crippen LogP contribution in [-0.4, -0.2) is 98.7 Å². The SMILES string of the molecule is CN(C)CCCNC(=O)C[C@@H]1CC[C@H]2[C@@H](COC[C@H](O)CN2CC2CCCC2)O1. The Morgan fingerprint density at radius 2 is 1.97 bits per heavy atom. The number of carbonyl (C=O) groups excluding carboxylic acids is 1. The summed E-state index contributed by atoms with van der Waals surface area (Å²) in [5.74, 6) is 0.825. The lowest BCUT2D eigenvalue weighted by atomic mass is 9.93. The van der Waals surface area contributed by atoms with Gasteiger partial charge in [0.25, 0.3) is 0 Å². The first-order chi connectivity index (χ1) is 14.0. The summed E-state index contributed by atoms with van der Waals surface area (Å²) in [6.07, 6.45) is 8.09. The van der Waals surface area contributed by atoms with Gasteiger partial charge in [0, 0.05) is 25.7 Å². The van der Waals surface area contributed by atoms with E-state index in [1.807, 2.05) is 14.1 Å². The number of ether oxygens (including phenoxy) is 2.